The topological polar surface area (TPSA) is 38.7 Å². The Kier molecular flexibility index (Phi) is 9.60. The van der Waals surface area contributed by atoms with Crippen LogP contribution in [-0.4, -0.2) is 15.0 Å². The van der Waals surface area contributed by atoms with Gasteiger partial charge in [-0.05, 0) is 162 Å². The first kappa shape index (κ1) is 45.8. The summed E-state index contributed by atoms with van der Waals surface area (Å²) in [6.45, 7) is 0. The first-order valence-electron chi connectivity index (χ1n) is 29.6. The summed E-state index contributed by atoms with van der Waals surface area (Å²) in [6, 6.07) is 95.0. The maximum Gasteiger partial charge on any atom is 0.165 e. The summed E-state index contributed by atoms with van der Waals surface area (Å²) < 4.78 is 0. The van der Waals surface area contributed by atoms with Gasteiger partial charge < -0.3 is 0 Å². The van der Waals surface area contributed by atoms with Crippen LogP contribution in [0.15, 0.2) is 249 Å². The van der Waals surface area contributed by atoms with Crippen LogP contribution in [0.4, 0.5) is 0 Å². The van der Waals surface area contributed by atoms with Gasteiger partial charge in [0, 0.05) is 32.9 Å². The van der Waals surface area contributed by atoms with Gasteiger partial charge in [0.2, 0.25) is 0 Å². The highest BCUT2D eigenvalue weighted by Gasteiger charge is 2.74. The summed E-state index contributed by atoms with van der Waals surface area (Å²) in [5.74, 6) is 3.42. The number of nitrogens with zero attached hydrogens (tertiary/aromatic N) is 3. The van der Waals surface area contributed by atoms with E-state index in [9.17, 15) is 0 Å². The van der Waals surface area contributed by atoms with Crippen LogP contribution in [0, 0.1) is 5.92 Å². The molecule has 18 rings (SSSR count). The average Bonchev–Trinajstić information content (AvgIpc) is 2.78. The zero-order chi connectivity index (χ0) is 53.0. The molecule has 3 nitrogen and oxygen atoms in total. The van der Waals surface area contributed by atoms with Gasteiger partial charge in [0.15, 0.2) is 17.5 Å². The Bertz CT molecular complexity index is 4480. The van der Waals surface area contributed by atoms with Gasteiger partial charge in [0.1, 0.15) is 0 Å². The van der Waals surface area contributed by atoms with Crippen LogP contribution in [0.1, 0.15) is 89.7 Å². The minimum atomic E-state index is -0.181. The largest absolute Gasteiger partial charge is 0.208 e. The van der Waals surface area contributed by atoms with Crippen molar-refractivity contribution in [2.75, 3.05) is 0 Å². The molecule has 6 aliphatic carbocycles. The lowest BCUT2D eigenvalue weighted by Crippen LogP contribution is -2.70. The van der Waals surface area contributed by atoms with Crippen LogP contribution < -0.4 is 0 Å². The van der Waals surface area contributed by atoms with E-state index in [1.807, 2.05) is 12.1 Å². The minimum Gasteiger partial charge on any atom is -0.208 e. The van der Waals surface area contributed by atoms with E-state index in [0.29, 0.717) is 41.1 Å². The smallest absolute Gasteiger partial charge is 0.165 e. The lowest BCUT2D eigenvalue weighted by atomic mass is 9.29. The number of aromatic nitrogens is 3. The quantitative estimate of drug-likeness (QED) is 0.165. The van der Waals surface area contributed by atoms with Crippen molar-refractivity contribution in [1.29, 1.82) is 0 Å². The molecule has 0 amide bonds. The number of hydrogen-bond donors (Lipinski definition) is 0. The van der Waals surface area contributed by atoms with Crippen LogP contribution in [0.5, 0.6) is 0 Å². The van der Waals surface area contributed by atoms with Gasteiger partial charge in [0.05, 0.1) is 0 Å². The third-order valence-corrected chi connectivity index (χ3v) is 21.3. The van der Waals surface area contributed by atoms with Crippen molar-refractivity contribution in [2.45, 2.75) is 72.5 Å². The first-order chi connectivity index (χ1) is 40.1. The van der Waals surface area contributed by atoms with E-state index in [1.54, 1.807) is 27.8 Å². The van der Waals surface area contributed by atoms with Gasteiger partial charge in [-0.15, -0.1) is 0 Å². The zero-order valence-corrected chi connectivity index (χ0v) is 45.1. The first-order valence-corrected chi connectivity index (χ1v) is 29.6. The molecule has 3 fully saturated rings. The predicted octanol–water partition coefficient (Wildman–Crippen LogP) is 19.2. The third-order valence-electron chi connectivity index (χ3n) is 21.3. The second-order valence-corrected chi connectivity index (χ2v) is 24.4. The summed E-state index contributed by atoms with van der Waals surface area (Å²) in [7, 11) is 0. The highest BCUT2D eigenvalue weighted by Crippen LogP contribution is 2.81. The summed E-state index contributed by atoms with van der Waals surface area (Å²) >= 11 is 0. The predicted molar refractivity (Wildman–Crippen MR) is 330 cm³/mol. The van der Waals surface area contributed by atoms with E-state index in [4.69, 9.17) is 15.0 Å². The van der Waals surface area contributed by atoms with Gasteiger partial charge in [0.25, 0.3) is 0 Å². The summed E-state index contributed by atoms with van der Waals surface area (Å²) in [5, 5.41) is 4.68. The molecule has 1 aromatic heterocycles. The van der Waals surface area contributed by atoms with Gasteiger partial charge in [-0.3, -0.25) is 0 Å². The highest BCUT2D eigenvalue weighted by molar-refractivity contribution is 6.22. The molecular weight excluding hydrogens is 979 g/mol. The molecule has 12 aromatic rings. The summed E-state index contributed by atoms with van der Waals surface area (Å²) in [5.41, 5.74) is 23.1. The van der Waals surface area contributed by atoms with E-state index in [1.165, 1.54) is 60.8 Å². The summed E-state index contributed by atoms with van der Waals surface area (Å²) in [4.78, 5) is 16.0. The van der Waals surface area contributed by atoms with E-state index < -0.39 is 0 Å². The SMILES string of the molecule is c1ccc(-c2nc(-c3ccccc3)nc(-c3c4ccccc4c(-c4cccc5c4-c4ccccc4C4CC56CCC5c7ccccc7-c7ccccc7C57CCC5c8ccccc8-c8ccccc8C5(C4)C67)c4ccccc34)n2)cc1. The van der Waals surface area contributed by atoms with Gasteiger partial charge in [-0.1, -0.05) is 249 Å². The molecule has 0 N–H and O–H groups in total. The molecule has 81 heavy (non-hydrogen) atoms. The van der Waals surface area contributed by atoms with Crippen molar-refractivity contribution in [3.63, 3.8) is 0 Å². The molecule has 3 heteroatoms. The minimum absolute atomic E-state index is 0.114. The van der Waals surface area contributed by atoms with Crippen molar-refractivity contribution in [2.24, 2.45) is 5.92 Å². The van der Waals surface area contributed by atoms with E-state index in [2.05, 4.69) is 237 Å². The van der Waals surface area contributed by atoms with Crippen LogP contribution in [0.3, 0.4) is 0 Å². The Morgan fingerprint density at radius 1 is 0.296 bits per heavy atom. The Labute approximate surface area is 473 Å². The van der Waals surface area contributed by atoms with Crippen LogP contribution in [0.25, 0.3) is 100 Å². The van der Waals surface area contributed by atoms with Crippen molar-refractivity contribution < 1.29 is 0 Å². The molecule has 7 unspecified atom stereocenters. The van der Waals surface area contributed by atoms with E-state index >= 15 is 0 Å². The lowest BCUT2D eigenvalue weighted by molar-refractivity contribution is -0.0902. The molecular formula is C78H57N3. The van der Waals surface area contributed by atoms with Gasteiger partial charge >= 0.3 is 0 Å². The molecule has 0 aliphatic heterocycles. The Morgan fingerprint density at radius 3 is 1.33 bits per heavy atom. The number of hydrogen-bond acceptors (Lipinski definition) is 3. The zero-order valence-electron chi connectivity index (χ0n) is 45.1. The van der Waals surface area contributed by atoms with E-state index in [-0.39, 0.29) is 16.2 Å². The normalized spacial score (nSPS) is 23.9. The van der Waals surface area contributed by atoms with Crippen molar-refractivity contribution in [3.8, 4) is 78.7 Å². The van der Waals surface area contributed by atoms with Crippen LogP contribution in [0.2, 0.25) is 0 Å². The monoisotopic (exact) mass is 1040 g/mol. The molecule has 3 spiro atoms. The lowest BCUT2D eigenvalue weighted by Gasteiger charge is -2.74. The Morgan fingerprint density at radius 2 is 0.728 bits per heavy atom. The molecule has 0 saturated heterocycles. The van der Waals surface area contributed by atoms with E-state index in [0.717, 1.165) is 66.0 Å². The molecule has 11 aromatic carbocycles. The second kappa shape index (κ2) is 17.0. The molecule has 2 bridgehead atoms. The maximum absolute atomic E-state index is 5.43. The molecule has 1 heterocycles. The number of benzene rings is 11. The number of fused-ring (bicyclic) bond motifs is 15. The van der Waals surface area contributed by atoms with Crippen molar-refractivity contribution >= 4 is 21.5 Å². The van der Waals surface area contributed by atoms with Crippen molar-refractivity contribution in [3.05, 3.63) is 282 Å². The third kappa shape index (κ3) is 6.06. The average molecular weight is 1040 g/mol. The van der Waals surface area contributed by atoms with Crippen LogP contribution >= 0.6 is 0 Å². The molecule has 384 valence electrons. The Balaban J connectivity index is 0.948. The molecule has 7 atom stereocenters. The fraction of sp³-hybridized carbons (Fsp3) is 0.167. The molecule has 6 aliphatic rings. The fourth-order valence-corrected chi connectivity index (χ4v) is 18.9. The van der Waals surface area contributed by atoms with Gasteiger partial charge in [-0.25, -0.2) is 15.0 Å². The van der Waals surface area contributed by atoms with Gasteiger partial charge in [-0.2, -0.15) is 0 Å². The number of rotatable bonds is 4. The summed E-state index contributed by atoms with van der Waals surface area (Å²) in [6.07, 6.45) is 6.86. The molecule has 3 saturated carbocycles. The van der Waals surface area contributed by atoms with Crippen LogP contribution in [-0.2, 0) is 16.2 Å². The standard InChI is InChI=1S/C78H57N3/c1-3-22-48(23-4-1)72-79-73(49-24-5-2-6-25-49)81-74(80-72)71-61-36-15-13-34-59(61)69(60-35-14-16-37-62(60)71)63-38-21-41-68-70(63)58-33-12-7-26-51(58)50-46-76(68)44-42-66-56-29-10-8-27-52(56)54-31-17-19-39-64(54)77(66)45-43-67-57-30-11-9-28-53(57)55-32-18-20-40-65(55)78(67,47-50)75(76)77/h1-41,50,66-67,75H,42-47H2. The second-order valence-electron chi connectivity index (χ2n) is 24.4. The highest BCUT2D eigenvalue weighted by atomic mass is 15.0. The van der Waals surface area contributed by atoms with Crippen molar-refractivity contribution in [1.82, 2.24) is 15.0 Å². The molecule has 0 radical (unpaired) electrons. The maximum atomic E-state index is 5.43. The Hall–Kier alpha value is -9.05. The fourth-order valence-electron chi connectivity index (χ4n) is 18.9.